The maximum atomic E-state index is 11.7. The quantitative estimate of drug-likeness (QED) is 0.659. The van der Waals surface area contributed by atoms with E-state index in [1.165, 1.54) is 5.01 Å². The maximum Gasteiger partial charge on any atom is 0.255 e. The van der Waals surface area contributed by atoms with Crippen LogP contribution in [0.15, 0.2) is 35.4 Å². The highest BCUT2D eigenvalue weighted by Gasteiger charge is 2.32. The molecular formula is C11H12N2O. The summed E-state index contributed by atoms with van der Waals surface area (Å²) in [7, 11) is 1.69. The summed E-state index contributed by atoms with van der Waals surface area (Å²) in [6.45, 7) is 1.89. The van der Waals surface area contributed by atoms with Crippen molar-refractivity contribution in [1.82, 2.24) is 5.01 Å². The summed E-state index contributed by atoms with van der Waals surface area (Å²) in [4.78, 5) is 11.7. The molecule has 14 heavy (non-hydrogen) atoms. The summed E-state index contributed by atoms with van der Waals surface area (Å²) in [5.74, 6) is -0.130. The van der Waals surface area contributed by atoms with Gasteiger partial charge in [-0.05, 0) is 12.5 Å². The highest BCUT2D eigenvalue weighted by atomic mass is 16.2. The number of hydrogen-bond acceptors (Lipinski definition) is 2. The molecule has 0 saturated carbocycles. The zero-order valence-corrected chi connectivity index (χ0v) is 8.27. The third-order valence-electron chi connectivity index (χ3n) is 2.42. The maximum absolute atomic E-state index is 11.7. The largest absolute Gasteiger partial charge is 0.272 e. The highest BCUT2D eigenvalue weighted by Crippen LogP contribution is 2.24. The van der Waals surface area contributed by atoms with Gasteiger partial charge in [0.25, 0.3) is 5.91 Å². The minimum absolute atomic E-state index is 0.0497. The SMILES string of the molecule is CC1=NN(C)C(=O)C1c1ccccc1. The summed E-state index contributed by atoms with van der Waals surface area (Å²) < 4.78 is 0. The molecule has 1 aromatic rings. The van der Waals surface area contributed by atoms with E-state index in [9.17, 15) is 4.79 Å². The van der Waals surface area contributed by atoms with E-state index in [0.717, 1.165) is 11.3 Å². The highest BCUT2D eigenvalue weighted by molar-refractivity contribution is 6.11. The first-order valence-electron chi connectivity index (χ1n) is 4.58. The fraction of sp³-hybridized carbons (Fsp3) is 0.273. The van der Waals surface area contributed by atoms with Crippen molar-refractivity contribution in [3.8, 4) is 0 Å². The third-order valence-corrected chi connectivity index (χ3v) is 2.42. The van der Waals surface area contributed by atoms with E-state index in [0.29, 0.717) is 0 Å². The summed E-state index contributed by atoms with van der Waals surface area (Å²) in [6, 6.07) is 9.74. The van der Waals surface area contributed by atoms with Crippen LogP contribution in [0.4, 0.5) is 0 Å². The van der Waals surface area contributed by atoms with Crippen molar-refractivity contribution in [2.24, 2.45) is 5.10 Å². The Kier molecular flexibility index (Phi) is 2.08. The van der Waals surface area contributed by atoms with Gasteiger partial charge in [0.1, 0.15) is 5.92 Å². The van der Waals surface area contributed by atoms with Crippen molar-refractivity contribution in [2.45, 2.75) is 12.8 Å². The van der Waals surface area contributed by atoms with Gasteiger partial charge in [-0.25, -0.2) is 5.01 Å². The lowest BCUT2D eigenvalue weighted by molar-refractivity contribution is -0.128. The predicted octanol–water partition coefficient (Wildman–Crippen LogP) is 1.62. The summed E-state index contributed by atoms with van der Waals surface area (Å²) in [5.41, 5.74) is 1.88. The Balaban J connectivity index is 2.37. The second kappa shape index (κ2) is 3.25. The normalized spacial score (nSPS) is 21.3. The van der Waals surface area contributed by atoms with Gasteiger partial charge in [-0.2, -0.15) is 5.10 Å². The van der Waals surface area contributed by atoms with E-state index in [-0.39, 0.29) is 11.8 Å². The number of rotatable bonds is 1. The molecule has 0 radical (unpaired) electrons. The molecule has 0 aromatic heterocycles. The Labute approximate surface area is 83.0 Å². The molecule has 72 valence electrons. The van der Waals surface area contributed by atoms with Crippen LogP contribution >= 0.6 is 0 Å². The minimum Gasteiger partial charge on any atom is -0.272 e. The van der Waals surface area contributed by atoms with Crippen molar-refractivity contribution < 1.29 is 4.79 Å². The van der Waals surface area contributed by atoms with Crippen LogP contribution in [0.2, 0.25) is 0 Å². The van der Waals surface area contributed by atoms with Crippen LogP contribution in [0.3, 0.4) is 0 Å². The van der Waals surface area contributed by atoms with E-state index in [4.69, 9.17) is 0 Å². The number of carbonyl (C=O) groups is 1. The smallest absolute Gasteiger partial charge is 0.255 e. The van der Waals surface area contributed by atoms with Gasteiger partial charge in [0.05, 0.1) is 5.71 Å². The van der Waals surface area contributed by atoms with Crippen LogP contribution in [-0.2, 0) is 4.79 Å². The van der Waals surface area contributed by atoms with E-state index in [1.54, 1.807) is 7.05 Å². The Morgan fingerprint density at radius 1 is 1.29 bits per heavy atom. The molecule has 0 saturated heterocycles. The van der Waals surface area contributed by atoms with Crippen molar-refractivity contribution >= 4 is 11.6 Å². The molecule has 1 heterocycles. The first-order valence-corrected chi connectivity index (χ1v) is 4.58. The average Bonchev–Trinajstić information content (AvgIpc) is 2.43. The molecule has 0 aliphatic carbocycles. The summed E-state index contributed by atoms with van der Waals surface area (Å²) in [6.07, 6.45) is 0. The van der Waals surface area contributed by atoms with Gasteiger partial charge in [-0.15, -0.1) is 0 Å². The van der Waals surface area contributed by atoms with Crippen LogP contribution in [-0.4, -0.2) is 23.7 Å². The molecule has 1 amide bonds. The van der Waals surface area contributed by atoms with Crippen molar-refractivity contribution in [3.63, 3.8) is 0 Å². The van der Waals surface area contributed by atoms with Gasteiger partial charge in [-0.3, -0.25) is 4.79 Å². The van der Waals surface area contributed by atoms with Gasteiger partial charge in [0.2, 0.25) is 0 Å². The Hall–Kier alpha value is -1.64. The van der Waals surface area contributed by atoms with E-state index in [1.807, 2.05) is 37.3 Å². The Morgan fingerprint density at radius 2 is 1.93 bits per heavy atom. The molecule has 0 bridgehead atoms. The molecule has 1 aromatic carbocycles. The van der Waals surface area contributed by atoms with E-state index < -0.39 is 0 Å². The standard InChI is InChI=1S/C11H12N2O/c1-8-10(11(14)13(2)12-8)9-6-4-3-5-7-9/h3-7,10H,1-2H3. The number of hydrazone groups is 1. The molecule has 1 atom stereocenters. The molecule has 3 nitrogen and oxygen atoms in total. The molecule has 3 heteroatoms. The molecule has 0 N–H and O–H groups in total. The Bertz CT molecular complexity index is 384. The van der Waals surface area contributed by atoms with Gasteiger partial charge in [0.15, 0.2) is 0 Å². The van der Waals surface area contributed by atoms with Crippen LogP contribution < -0.4 is 0 Å². The van der Waals surface area contributed by atoms with Crippen molar-refractivity contribution in [3.05, 3.63) is 35.9 Å². The number of likely N-dealkylation sites (N-methyl/N-ethyl adjacent to an activating group) is 1. The number of nitrogens with zero attached hydrogens (tertiary/aromatic N) is 2. The lowest BCUT2D eigenvalue weighted by Gasteiger charge is -2.09. The first-order chi connectivity index (χ1) is 6.70. The fourth-order valence-corrected chi connectivity index (χ4v) is 1.74. The number of amides is 1. The lowest BCUT2D eigenvalue weighted by atomic mass is 9.95. The molecule has 2 rings (SSSR count). The lowest BCUT2D eigenvalue weighted by Crippen LogP contribution is -2.22. The monoisotopic (exact) mass is 188 g/mol. The summed E-state index contributed by atoms with van der Waals surface area (Å²) >= 11 is 0. The minimum atomic E-state index is -0.179. The topological polar surface area (TPSA) is 32.7 Å². The zero-order chi connectivity index (χ0) is 10.1. The van der Waals surface area contributed by atoms with Crippen molar-refractivity contribution in [1.29, 1.82) is 0 Å². The van der Waals surface area contributed by atoms with E-state index >= 15 is 0 Å². The van der Waals surface area contributed by atoms with Gasteiger partial charge in [0, 0.05) is 7.05 Å². The van der Waals surface area contributed by atoms with Gasteiger partial charge in [-0.1, -0.05) is 30.3 Å². The molecule has 0 fully saturated rings. The third kappa shape index (κ3) is 1.31. The number of benzene rings is 1. The second-order valence-corrected chi connectivity index (χ2v) is 3.45. The van der Waals surface area contributed by atoms with Crippen LogP contribution in [0.25, 0.3) is 0 Å². The van der Waals surface area contributed by atoms with Gasteiger partial charge < -0.3 is 0 Å². The molecular weight excluding hydrogens is 176 g/mol. The molecule has 1 aliphatic rings. The van der Waals surface area contributed by atoms with Crippen LogP contribution in [0.5, 0.6) is 0 Å². The Morgan fingerprint density at radius 3 is 2.43 bits per heavy atom. The molecule has 1 unspecified atom stereocenters. The zero-order valence-electron chi connectivity index (χ0n) is 8.27. The van der Waals surface area contributed by atoms with Crippen LogP contribution in [0, 0.1) is 0 Å². The van der Waals surface area contributed by atoms with E-state index in [2.05, 4.69) is 5.10 Å². The number of hydrogen-bond donors (Lipinski definition) is 0. The first kappa shape index (κ1) is 8.94. The van der Waals surface area contributed by atoms with Gasteiger partial charge >= 0.3 is 0 Å². The molecule has 0 spiro atoms. The second-order valence-electron chi connectivity index (χ2n) is 3.45. The fourth-order valence-electron chi connectivity index (χ4n) is 1.74. The average molecular weight is 188 g/mol. The molecule has 1 aliphatic heterocycles. The summed E-state index contributed by atoms with van der Waals surface area (Å²) in [5, 5.41) is 5.54. The predicted molar refractivity (Wildman–Crippen MR) is 55.1 cm³/mol. The van der Waals surface area contributed by atoms with Crippen molar-refractivity contribution in [2.75, 3.05) is 7.05 Å². The number of carbonyl (C=O) groups excluding carboxylic acids is 1. The van der Waals surface area contributed by atoms with Crippen LogP contribution in [0.1, 0.15) is 18.4 Å².